The van der Waals surface area contributed by atoms with Gasteiger partial charge in [0.15, 0.2) is 11.5 Å². The zero-order valence-electron chi connectivity index (χ0n) is 13.7. The lowest BCUT2D eigenvalue weighted by Gasteiger charge is -2.15. The van der Waals surface area contributed by atoms with Crippen LogP contribution in [0, 0.1) is 5.92 Å². The third-order valence-corrected chi connectivity index (χ3v) is 4.30. The van der Waals surface area contributed by atoms with Crippen LogP contribution in [0.2, 0.25) is 0 Å². The number of nitrogens with zero attached hydrogens (tertiary/aromatic N) is 1. The van der Waals surface area contributed by atoms with E-state index in [4.69, 9.17) is 14.2 Å². The first-order chi connectivity index (χ1) is 11.7. The number of likely N-dealkylation sites (tertiary alicyclic amines) is 1. The fourth-order valence-electron chi connectivity index (χ4n) is 2.94. The molecule has 1 aromatic rings. The molecule has 0 aliphatic carbocycles. The number of nitrogens with one attached hydrogen (secondary N) is 1. The summed E-state index contributed by atoms with van der Waals surface area (Å²) in [6.07, 6.45) is 0.982. The van der Waals surface area contributed by atoms with Crippen LogP contribution in [0.15, 0.2) is 18.2 Å². The predicted molar refractivity (Wildman–Crippen MR) is 85.8 cm³/mol. The molecule has 0 unspecified atom stereocenters. The van der Waals surface area contributed by atoms with Crippen molar-refractivity contribution >= 4 is 11.8 Å². The number of benzene rings is 1. The van der Waals surface area contributed by atoms with Crippen molar-refractivity contribution in [3.63, 3.8) is 0 Å². The fourth-order valence-corrected chi connectivity index (χ4v) is 2.94. The minimum absolute atomic E-state index is 0.0166. The van der Waals surface area contributed by atoms with Crippen LogP contribution in [0.4, 0.5) is 0 Å². The zero-order chi connectivity index (χ0) is 16.9. The second-order valence-electron chi connectivity index (χ2n) is 5.96. The first kappa shape index (κ1) is 16.6. The molecule has 130 valence electrons. The summed E-state index contributed by atoms with van der Waals surface area (Å²) in [5, 5.41) is 2.92. The molecule has 0 saturated carbocycles. The molecular weight excluding hydrogens is 312 g/mol. The van der Waals surface area contributed by atoms with E-state index in [-0.39, 0.29) is 30.9 Å². The summed E-state index contributed by atoms with van der Waals surface area (Å²) in [4.78, 5) is 25.8. The first-order valence-electron chi connectivity index (χ1n) is 8.10. The van der Waals surface area contributed by atoms with Crippen molar-refractivity contribution in [2.24, 2.45) is 5.92 Å². The lowest BCUT2D eigenvalue weighted by molar-refractivity contribution is -0.129. The third-order valence-electron chi connectivity index (χ3n) is 4.30. The highest BCUT2D eigenvalue weighted by molar-refractivity contribution is 5.89. The van der Waals surface area contributed by atoms with Gasteiger partial charge in [-0.1, -0.05) is 6.07 Å². The number of ether oxygens (including phenoxy) is 3. The molecule has 1 N–H and O–H groups in total. The van der Waals surface area contributed by atoms with Gasteiger partial charge in [-0.2, -0.15) is 0 Å². The topological polar surface area (TPSA) is 77.1 Å². The molecule has 0 aromatic heterocycles. The van der Waals surface area contributed by atoms with E-state index in [1.807, 2.05) is 18.2 Å². The van der Waals surface area contributed by atoms with Gasteiger partial charge in [-0.05, 0) is 24.1 Å². The van der Waals surface area contributed by atoms with Gasteiger partial charge in [0.25, 0.3) is 0 Å². The zero-order valence-corrected chi connectivity index (χ0v) is 13.7. The Balaban J connectivity index is 1.43. The quantitative estimate of drug-likeness (QED) is 0.789. The monoisotopic (exact) mass is 334 g/mol. The van der Waals surface area contributed by atoms with Gasteiger partial charge in [-0.3, -0.25) is 9.59 Å². The molecule has 2 aliphatic heterocycles. The second-order valence-corrected chi connectivity index (χ2v) is 5.96. The van der Waals surface area contributed by atoms with E-state index in [1.54, 1.807) is 12.0 Å². The maximum absolute atomic E-state index is 12.2. The fraction of sp³-hybridized carbons (Fsp3) is 0.529. The van der Waals surface area contributed by atoms with Crippen molar-refractivity contribution in [1.82, 2.24) is 10.2 Å². The molecule has 0 spiro atoms. The number of hydrogen-bond donors (Lipinski definition) is 1. The number of rotatable bonds is 7. The lowest BCUT2D eigenvalue weighted by atomic mass is 10.1. The van der Waals surface area contributed by atoms with E-state index < -0.39 is 0 Å². The molecule has 2 aliphatic rings. The molecule has 3 rings (SSSR count). The van der Waals surface area contributed by atoms with Crippen molar-refractivity contribution in [1.29, 1.82) is 0 Å². The number of fused-ring (bicyclic) bond motifs is 1. The molecule has 1 fully saturated rings. The Morgan fingerprint density at radius 3 is 3.04 bits per heavy atom. The van der Waals surface area contributed by atoms with E-state index >= 15 is 0 Å². The van der Waals surface area contributed by atoms with Gasteiger partial charge in [0, 0.05) is 33.2 Å². The van der Waals surface area contributed by atoms with Crippen molar-refractivity contribution < 1.29 is 23.8 Å². The van der Waals surface area contributed by atoms with Gasteiger partial charge in [-0.25, -0.2) is 0 Å². The average molecular weight is 334 g/mol. The summed E-state index contributed by atoms with van der Waals surface area (Å²) in [6.45, 7) is 2.28. The molecule has 7 heteroatoms. The summed E-state index contributed by atoms with van der Waals surface area (Å²) in [5.41, 5.74) is 1.07. The smallest absolute Gasteiger partial charge is 0.231 e. The van der Waals surface area contributed by atoms with E-state index in [0.29, 0.717) is 32.7 Å². The maximum atomic E-state index is 12.2. The molecule has 2 amide bonds. The normalized spacial score (nSPS) is 19.0. The van der Waals surface area contributed by atoms with Crippen molar-refractivity contribution in [3.05, 3.63) is 23.8 Å². The van der Waals surface area contributed by atoms with E-state index in [2.05, 4.69) is 5.32 Å². The largest absolute Gasteiger partial charge is 0.454 e. The molecule has 24 heavy (non-hydrogen) atoms. The second kappa shape index (κ2) is 7.53. The number of carbonyl (C=O) groups is 2. The molecular formula is C17H22N2O5. The van der Waals surface area contributed by atoms with Crippen LogP contribution in [0.5, 0.6) is 11.5 Å². The molecule has 0 radical (unpaired) electrons. The van der Waals surface area contributed by atoms with Gasteiger partial charge in [0.05, 0.1) is 12.5 Å². The van der Waals surface area contributed by atoms with Crippen LogP contribution in [-0.4, -0.2) is 56.9 Å². The van der Waals surface area contributed by atoms with Crippen LogP contribution >= 0.6 is 0 Å². The van der Waals surface area contributed by atoms with E-state index in [9.17, 15) is 9.59 Å². The van der Waals surface area contributed by atoms with E-state index in [0.717, 1.165) is 17.1 Å². The highest BCUT2D eigenvalue weighted by Gasteiger charge is 2.33. The highest BCUT2D eigenvalue weighted by atomic mass is 16.7. The Labute approximate surface area is 140 Å². The van der Waals surface area contributed by atoms with Crippen LogP contribution in [0.25, 0.3) is 0 Å². The lowest BCUT2D eigenvalue weighted by Crippen LogP contribution is -2.34. The maximum Gasteiger partial charge on any atom is 0.231 e. The first-order valence-corrected chi connectivity index (χ1v) is 8.10. The minimum atomic E-state index is -0.272. The van der Waals surface area contributed by atoms with Gasteiger partial charge < -0.3 is 24.4 Å². The van der Waals surface area contributed by atoms with Crippen LogP contribution in [-0.2, 0) is 20.7 Å². The Morgan fingerprint density at radius 1 is 1.38 bits per heavy atom. The summed E-state index contributed by atoms with van der Waals surface area (Å²) in [6, 6.07) is 5.77. The summed E-state index contributed by atoms with van der Waals surface area (Å²) >= 11 is 0. The number of hydrogen-bond acceptors (Lipinski definition) is 5. The standard InChI is InChI=1S/C17H22N2O5/c1-22-7-6-19-10-13(9-16(19)20)17(21)18-5-4-12-2-3-14-15(8-12)24-11-23-14/h2-3,8,13H,4-7,9-11H2,1H3,(H,18,21)/t13-/m1/s1. The third kappa shape index (κ3) is 3.79. The predicted octanol–water partition coefficient (Wildman–Crippen LogP) is 0.569. The minimum Gasteiger partial charge on any atom is -0.454 e. The van der Waals surface area contributed by atoms with Gasteiger partial charge in [0.1, 0.15) is 0 Å². The highest BCUT2D eigenvalue weighted by Crippen LogP contribution is 2.32. The molecule has 1 atom stereocenters. The number of carbonyl (C=O) groups excluding carboxylic acids is 2. The Kier molecular flexibility index (Phi) is 5.20. The molecule has 0 bridgehead atoms. The van der Waals surface area contributed by atoms with Crippen molar-refractivity contribution in [3.8, 4) is 11.5 Å². The molecule has 7 nitrogen and oxygen atoms in total. The Bertz CT molecular complexity index is 619. The van der Waals surface area contributed by atoms with Crippen LogP contribution in [0.1, 0.15) is 12.0 Å². The van der Waals surface area contributed by atoms with Crippen molar-refractivity contribution in [2.75, 3.05) is 40.1 Å². The van der Waals surface area contributed by atoms with Crippen LogP contribution < -0.4 is 14.8 Å². The molecule has 1 aromatic carbocycles. The molecule has 1 saturated heterocycles. The SMILES string of the molecule is COCCN1C[C@H](C(=O)NCCc2ccc3c(c2)OCO3)CC1=O. The van der Waals surface area contributed by atoms with Crippen LogP contribution in [0.3, 0.4) is 0 Å². The Morgan fingerprint density at radius 2 is 2.21 bits per heavy atom. The number of amides is 2. The average Bonchev–Trinajstić information content (AvgIpc) is 3.19. The summed E-state index contributed by atoms with van der Waals surface area (Å²) < 4.78 is 15.6. The summed E-state index contributed by atoms with van der Waals surface area (Å²) in [5.74, 6) is 1.18. The summed E-state index contributed by atoms with van der Waals surface area (Å²) in [7, 11) is 1.60. The Hall–Kier alpha value is -2.28. The molecule has 2 heterocycles. The number of methoxy groups -OCH3 is 1. The van der Waals surface area contributed by atoms with Gasteiger partial charge >= 0.3 is 0 Å². The van der Waals surface area contributed by atoms with Crippen molar-refractivity contribution in [2.45, 2.75) is 12.8 Å². The van der Waals surface area contributed by atoms with Gasteiger partial charge in [-0.15, -0.1) is 0 Å². The van der Waals surface area contributed by atoms with Gasteiger partial charge in [0.2, 0.25) is 18.6 Å². The van der Waals surface area contributed by atoms with E-state index in [1.165, 1.54) is 0 Å².